The second-order valence-corrected chi connectivity index (χ2v) is 4.76. The highest BCUT2D eigenvalue weighted by Gasteiger charge is 2.08. The Labute approximate surface area is 121 Å². The van der Waals surface area contributed by atoms with E-state index >= 15 is 0 Å². The molecule has 0 spiro atoms. The summed E-state index contributed by atoms with van der Waals surface area (Å²) in [7, 11) is 0. The van der Waals surface area contributed by atoms with Gasteiger partial charge in [0.05, 0.1) is 0 Å². The lowest BCUT2D eigenvalue weighted by atomic mass is 10.1. The van der Waals surface area contributed by atoms with Gasteiger partial charge in [-0.3, -0.25) is 0 Å². The number of rotatable bonds is 4. The lowest BCUT2D eigenvalue weighted by Gasteiger charge is -1.99. The number of benzene rings is 2. The van der Waals surface area contributed by atoms with Crippen LogP contribution in [0, 0.1) is 5.82 Å². The van der Waals surface area contributed by atoms with Gasteiger partial charge >= 0.3 is 0 Å². The third-order valence-electron chi connectivity index (χ3n) is 3.15. The average Bonchev–Trinajstić information content (AvgIpc) is 2.95. The third-order valence-corrected chi connectivity index (χ3v) is 3.15. The second-order valence-electron chi connectivity index (χ2n) is 4.76. The van der Waals surface area contributed by atoms with Crippen molar-refractivity contribution in [1.82, 2.24) is 10.1 Å². The zero-order valence-electron chi connectivity index (χ0n) is 11.3. The van der Waals surface area contributed by atoms with Gasteiger partial charge in [0.2, 0.25) is 11.7 Å². The van der Waals surface area contributed by atoms with Gasteiger partial charge in [-0.05, 0) is 48.4 Å². The van der Waals surface area contributed by atoms with E-state index in [0.29, 0.717) is 18.1 Å². The van der Waals surface area contributed by atoms with Crippen LogP contribution in [-0.2, 0) is 12.8 Å². The fourth-order valence-electron chi connectivity index (χ4n) is 2.07. The minimum atomic E-state index is -0.288. The van der Waals surface area contributed by atoms with E-state index in [0.717, 1.165) is 23.2 Å². The van der Waals surface area contributed by atoms with E-state index < -0.39 is 0 Å². The number of hydrogen-bond acceptors (Lipinski definition) is 4. The van der Waals surface area contributed by atoms with Gasteiger partial charge in [0.1, 0.15) is 5.82 Å². The molecule has 2 aromatic carbocycles. The van der Waals surface area contributed by atoms with Crippen LogP contribution in [0.3, 0.4) is 0 Å². The zero-order chi connectivity index (χ0) is 14.7. The third kappa shape index (κ3) is 3.25. The fourth-order valence-corrected chi connectivity index (χ4v) is 2.07. The van der Waals surface area contributed by atoms with E-state index in [-0.39, 0.29) is 5.82 Å². The van der Waals surface area contributed by atoms with Crippen molar-refractivity contribution in [3.05, 3.63) is 65.8 Å². The first kappa shape index (κ1) is 13.3. The Balaban J connectivity index is 1.69. The molecule has 1 aromatic heterocycles. The monoisotopic (exact) mass is 283 g/mol. The van der Waals surface area contributed by atoms with E-state index in [9.17, 15) is 4.39 Å². The molecular weight excluding hydrogens is 269 g/mol. The number of nitrogens with zero attached hydrogens (tertiary/aromatic N) is 2. The topological polar surface area (TPSA) is 64.9 Å². The van der Waals surface area contributed by atoms with E-state index in [4.69, 9.17) is 10.3 Å². The molecule has 4 nitrogen and oxygen atoms in total. The van der Waals surface area contributed by atoms with Gasteiger partial charge in [-0.1, -0.05) is 17.3 Å². The van der Waals surface area contributed by atoms with Crippen LogP contribution in [-0.4, -0.2) is 10.1 Å². The van der Waals surface area contributed by atoms with Crippen molar-refractivity contribution in [2.45, 2.75) is 12.8 Å². The molecule has 0 atom stereocenters. The number of nitrogen functional groups attached to an aromatic ring is 1. The van der Waals surface area contributed by atoms with Crippen molar-refractivity contribution in [2.24, 2.45) is 0 Å². The Hall–Kier alpha value is -2.69. The summed E-state index contributed by atoms with van der Waals surface area (Å²) in [6.45, 7) is 0. The minimum Gasteiger partial charge on any atom is -0.399 e. The highest BCUT2D eigenvalue weighted by Crippen LogP contribution is 2.17. The lowest BCUT2D eigenvalue weighted by molar-refractivity contribution is 0.379. The van der Waals surface area contributed by atoms with E-state index in [1.807, 2.05) is 24.3 Å². The number of nitrogens with two attached hydrogens (primary N) is 1. The van der Waals surface area contributed by atoms with Crippen LogP contribution >= 0.6 is 0 Å². The first-order chi connectivity index (χ1) is 10.2. The highest BCUT2D eigenvalue weighted by atomic mass is 19.1. The predicted octanol–water partition coefficient (Wildman–Crippen LogP) is 3.24. The Morgan fingerprint density at radius 1 is 1.05 bits per heavy atom. The van der Waals surface area contributed by atoms with Crippen LogP contribution in [0.5, 0.6) is 0 Å². The molecular formula is C16H14FN3O. The van der Waals surface area contributed by atoms with Crippen LogP contribution in [0.15, 0.2) is 53.1 Å². The maximum Gasteiger partial charge on any atom is 0.227 e. The molecule has 3 rings (SSSR count). The summed E-state index contributed by atoms with van der Waals surface area (Å²) in [5.74, 6) is 0.735. The first-order valence-electron chi connectivity index (χ1n) is 6.64. The highest BCUT2D eigenvalue weighted by molar-refractivity contribution is 5.53. The summed E-state index contributed by atoms with van der Waals surface area (Å²) < 4.78 is 18.1. The Kier molecular flexibility index (Phi) is 3.64. The van der Waals surface area contributed by atoms with Crippen molar-refractivity contribution in [3.63, 3.8) is 0 Å². The molecule has 0 saturated heterocycles. The fraction of sp³-hybridized carbons (Fsp3) is 0.125. The second kappa shape index (κ2) is 5.75. The average molecular weight is 283 g/mol. The van der Waals surface area contributed by atoms with Gasteiger partial charge in [0.15, 0.2) is 0 Å². The van der Waals surface area contributed by atoms with Gasteiger partial charge in [-0.2, -0.15) is 4.98 Å². The molecule has 1 heterocycles. The summed E-state index contributed by atoms with van der Waals surface area (Å²) in [5, 5.41) is 3.91. The number of halogens is 1. The Morgan fingerprint density at radius 2 is 1.86 bits per heavy atom. The molecule has 0 unspecified atom stereocenters. The summed E-state index contributed by atoms with van der Waals surface area (Å²) in [6, 6.07) is 13.7. The number of anilines is 1. The van der Waals surface area contributed by atoms with Crippen LogP contribution in [0.25, 0.3) is 11.4 Å². The Morgan fingerprint density at radius 3 is 2.62 bits per heavy atom. The lowest BCUT2D eigenvalue weighted by Crippen LogP contribution is -1.93. The molecule has 0 aliphatic rings. The SMILES string of the molecule is Nc1cccc(CCc2nc(-c3ccc(F)cc3)no2)c1. The van der Waals surface area contributed by atoms with Gasteiger partial charge in [-0.25, -0.2) is 4.39 Å². The summed E-state index contributed by atoms with van der Waals surface area (Å²) in [5.41, 5.74) is 8.33. The zero-order valence-corrected chi connectivity index (χ0v) is 11.3. The largest absolute Gasteiger partial charge is 0.399 e. The maximum atomic E-state index is 12.9. The van der Waals surface area contributed by atoms with Gasteiger partial charge < -0.3 is 10.3 Å². The van der Waals surface area contributed by atoms with E-state index in [1.54, 1.807) is 12.1 Å². The molecule has 21 heavy (non-hydrogen) atoms. The molecule has 3 aromatic rings. The quantitative estimate of drug-likeness (QED) is 0.746. The molecule has 0 aliphatic heterocycles. The van der Waals surface area contributed by atoms with Gasteiger partial charge in [0, 0.05) is 17.7 Å². The summed E-state index contributed by atoms with van der Waals surface area (Å²) in [4.78, 5) is 4.32. The maximum absolute atomic E-state index is 12.9. The van der Waals surface area contributed by atoms with Crippen LogP contribution in [0.2, 0.25) is 0 Å². The molecule has 0 saturated carbocycles. The van der Waals surface area contributed by atoms with Crippen molar-refractivity contribution in [2.75, 3.05) is 5.73 Å². The summed E-state index contributed by atoms with van der Waals surface area (Å²) >= 11 is 0. The van der Waals surface area contributed by atoms with Crippen LogP contribution in [0.1, 0.15) is 11.5 Å². The number of aryl methyl sites for hydroxylation is 2. The minimum absolute atomic E-state index is 0.288. The smallest absolute Gasteiger partial charge is 0.227 e. The van der Waals surface area contributed by atoms with Crippen molar-refractivity contribution in [3.8, 4) is 11.4 Å². The van der Waals surface area contributed by atoms with E-state index in [1.165, 1.54) is 12.1 Å². The molecule has 2 N–H and O–H groups in total. The van der Waals surface area contributed by atoms with E-state index in [2.05, 4.69) is 10.1 Å². The molecule has 0 radical (unpaired) electrons. The molecule has 0 bridgehead atoms. The normalized spacial score (nSPS) is 10.7. The molecule has 106 valence electrons. The van der Waals surface area contributed by atoms with Crippen LogP contribution in [0.4, 0.5) is 10.1 Å². The summed E-state index contributed by atoms with van der Waals surface area (Å²) in [6.07, 6.45) is 1.41. The number of aromatic nitrogens is 2. The van der Waals surface area contributed by atoms with Crippen molar-refractivity contribution in [1.29, 1.82) is 0 Å². The molecule has 0 fully saturated rings. The van der Waals surface area contributed by atoms with Gasteiger partial charge in [-0.15, -0.1) is 0 Å². The molecule has 0 amide bonds. The first-order valence-corrected chi connectivity index (χ1v) is 6.64. The molecule has 5 heteroatoms. The number of hydrogen-bond donors (Lipinski definition) is 1. The van der Waals surface area contributed by atoms with Crippen molar-refractivity contribution < 1.29 is 8.91 Å². The van der Waals surface area contributed by atoms with Crippen LogP contribution < -0.4 is 5.73 Å². The standard InChI is InChI=1S/C16H14FN3O/c17-13-7-5-12(6-8-13)16-19-15(21-20-16)9-4-11-2-1-3-14(18)10-11/h1-3,5-8,10H,4,9,18H2. The Bertz CT molecular complexity index is 737. The predicted molar refractivity (Wildman–Crippen MR) is 78.0 cm³/mol. The molecule has 0 aliphatic carbocycles. The van der Waals surface area contributed by atoms with Crippen molar-refractivity contribution >= 4 is 5.69 Å². The van der Waals surface area contributed by atoms with Gasteiger partial charge in [0.25, 0.3) is 0 Å².